The summed E-state index contributed by atoms with van der Waals surface area (Å²) in [5.74, 6) is -0.658. The number of carbonyl (C=O) groups excluding carboxylic acids is 2. The van der Waals surface area contributed by atoms with Gasteiger partial charge in [-0.05, 0) is 37.3 Å². The van der Waals surface area contributed by atoms with Crippen molar-refractivity contribution in [3.05, 3.63) is 58.3 Å². The molecule has 6 nitrogen and oxygen atoms in total. The Labute approximate surface area is 148 Å². The number of hydrazone groups is 1. The molecule has 0 aliphatic rings. The van der Waals surface area contributed by atoms with Crippen LogP contribution in [-0.2, 0) is 4.79 Å². The Morgan fingerprint density at radius 1 is 1.12 bits per heavy atom. The third-order valence-electron chi connectivity index (χ3n) is 2.91. The Hall–Kier alpha value is -2.44. The predicted molar refractivity (Wildman–Crippen MR) is 94.5 cm³/mol. The largest absolute Gasteiger partial charge is 0.326 e. The molecule has 0 aliphatic heterocycles. The maximum atomic E-state index is 11.9. The van der Waals surface area contributed by atoms with Crippen LogP contribution in [0, 0.1) is 0 Å². The van der Waals surface area contributed by atoms with E-state index in [2.05, 4.69) is 20.8 Å². The van der Waals surface area contributed by atoms with Crippen LogP contribution in [0.25, 0.3) is 0 Å². The Kier molecular flexibility index (Phi) is 6.28. The second-order valence-corrected chi connectivity index (χ2v) is 5.69. The van der Waals surface area contributed by atoms with Gasteiger partial charge in [0.1, 0.15) is 0 Å². The van der Waals surface area contributed by atoms with Crippen molar-refractivity contribution in [1.82, 2.24) is 10.4 Å². The highest BCUT2D eigenvalue weighted by Crippen LogP contribution is 2.25. The van der Waals surface area contributed by atoms with Crippen LogP contribution in [0.1, 0.15) is 23.7 Å². The number of hydrogen-bond acceptors (Lipinski definition) is 4. The lowest BCUT2D eigenvalue weighted by Gasteiger charge is -2.06. The van der Waals surface area contributed by atoms with Crippen molar-refractivity contribution in [1.29, 1.82) is 0 Å². The minimum absolute atomic E-state index is 0.0247. The molecule has 2 aromatic rings. The highest BCUT2D eigenvalue weighted by molar-refractivity contribution is 6.42. The number of aromatic nitrogens is 1. The smallest absolute Gasteiger partial charge is 0.271 e. The zero-order valence-electron chi connectivity index (χ0n) is 12.7. The molecule has 0 spiro atoms. The summed E-state index contributed by atoms with van der Waals surface area (Å²) in [6.07, 6.45) is 3.04. The van der Waals surface area contributed by atoms with Gasteiger partial charge in [0.2, 0.25) is 5.91 Å². The number of nitrogens with one attached hydrogen (secondary N) is 2. The van der Waals surface area contributed by atoms with Crippen molar-refractivity contribution in [3.8, 4) is 0 Å². The van der Waals surface area contributed by atoms with Crippen LogP contribution in [0.5, 0.6) is 0 Å². The maximum Gasteiger partial charge on any atom is 0.271 e. The van der Waals surface area contributed by atoms with Crippen LogP contribution >= 0.6 is 23.2 Å². The van der Waals surface area contributed by atoms with Gasteiger partial charge in [0.25, 0.3) is 5.91 Å². The molecule has 1 aromatic heterocycles. The highest BCUT2D eigenvalue weighted by atomic mass is 35.5. The number of amides is 2. The number of benzene rings is 1. The van der Waals surface area contributed by atoms with Gasteiger partial charge in [-0.25, -0.2) is 5.43 Å². The standard InChI is InChI=1S/C16H14Cl2N4O2/c1-10(21-22-16(24)11-4-6-19-7-5-11)8-15(23)20-12-2-3-13(17)14(18)9-12/h2-7,9H,8H2,1H3,(H,20,23)(H,22,24). The molecule has 0 saturated heterocycles. The first-order valence-corrected chi connectivity index (χ1v) is 7.69. The molecule has 0 atom stereocenters. The number of rotatable bonds is 5. The van der Waals surface area contributed by atoms with Crippen LogP contribution in [0.3, 0.4) is 0 Å². The van der Waals surface area contributed by atoms with Gasteiger partial charge in [0.15, 0.2) is 0 Å². The summed E-state index contributed by atoms with van der Waals surface area (Å²) in [4.78, 5) is 27.6. The van der Waals surface area contributed by atoms with E-state index in [9.17, 15) is 9.59 Å². The number of halogens is 2. The van der Waals surface area contributed by atoms with E-state index < -0.39 is 0 Å². The zero-order valence-corrected chi connectivity index (χ0v) is 14.2. The van der Waals surface area contributed by atoms with Crippen LogP contribution in [0.4, 0.5) is 5.69 Å². The first-order valence-electron chi connectivity index (χ1n) is 6.94. The third kappa shape index (κ3) is 5.33. The number of nitrogens with zero attached hydrogens (tertiary/aromatic N) is 2. The average molecular weight is 365 g/mol. The fraction of sp³-hybridized carbons (Fsp3) is 0.125. The summed E-state index contributed by atoms with van der Waals surface area (Å²) in [5.41, 5.74) is 3.80. The number of anilines is 1. The average Bonchev–Trinajstić information content (AvgIpc) is 2.56. The van der Waals surface area contributed by atoms with E-state index in [1.807, 2.05) is 0 Å². The molecule has 24 heavy (non-hydrogen) atoms. The van der Waals surface area contributed by atoms with Crippen molar-refractivity contribution < 1.29 is 9.59 Å². The second kappa shape index (κ2) is 8.42. The second-order valence-electron chi connectivity index (χ2n) is 4.88. The van der Waals surface area contributed by atoms with Crippen molar-refractivity contribution in [2.45, 2.75) is 13.3 Å². The van der Waals surface area contributed by atoms with Crippen molar-refractivity contribution in [3.63, 3.8) is 0 Å². The van der Waals surface area contributed by atoms with E-state index in [0.717, 1.165) is 0 Å². The van der Waals surface area contributed by atoms with Crippen molar-refractivity contribution in [2.24, 2.45) is 5.10 Å². The van der Waals surface area contributed by atoms with E-state index >= 15 is 0 Å². The lowest BCUT2D eigenvalue weighted by atomic mass is 10.2. The molecule has 0 aliphatic carbocycles. The lowest BCUT2D eigenvalue weighted by Crippen LogP contribution is -2.21. The van der Waals surface area contributed by atoms with Gasteiger partial charge < -0.3 is 5.32 Å². The molecule has 0 fully saturated rings. The molecule has 8 heteroatoms. The van der Waals surface area contributed by atoms with E-state index in [4.69, 9.17) is 23.2 Å². The fourth-order valence-electron chi connectivity index (χ4n) is 1.76. The van der Waals surface area contributed by atoms with E-state index in [1.54, 1.807) is 37.3 Å². The molecular weight excluding hydrogens is 351 g/mol. The van der Waals surface area contributed by atoms with Crippen molar-refractivity contribution >= 4 is 46.4 Å². The summed E-state index contributed by atoms with van der Waals surface area (Å²) < 4.78 is 0. The SMILES string of the molecule is CC(CC(=O)Nc1ccc(Cl)c(Cl)c1)=NNC(=O)c1ccncc1. The van der Waals surface area contributed by atoms with E-state index in [-0.39, 0.29) is 18.2 Å². The molecule has 1 heterocycles. The molecular formula is C16H14Cl2N4O2. The summed E-state index contributed by atoms with van der Waals surface area (Å²) >= 11 is 11.7. The molecule has 0 saturated carbocycles. The van der Waals surface area contributed by atoms with Gasteiger partial charge in [0, 0.05) is 29.4 Å². The van der Waals surface area contributed by atoms with Gasteiger partial charge in [-0.2, -0.15) is 5.10 Å². The van der Waals surface area contributed by atoms with Crippen LogP contribution in [-0.4, -0.2) is 22.5 Å². The number of carbonyl (C=O) groups is 2. The first kappa shape index (κ1) is 17.9. The van der Waals surface area contributed by atoms with Gasteiger partial charge >= 0.3 is 0 Å². The summed E-state index contributed by atoms with van der Waals surface area (Å²) in [7, 11) is 0. The highest BCUT2D eigenvalue weighted by Gasteiger charge is 2.08. The summed E-state index contributed by atoms with van der Waals surface area (Å²) in [6, 6.07) is 7.92. The van der Waals surface area contributed by atoms with Gasteiger partial charge in [-0.15, -0.1) is 0 Å². The molecule has 0 unspecified atom stereocenters. The molecule has 124 valence electrons. The van der Waals surface area contributed by atoms with Gasteiger partial charge in [-0.1, -0.05) is 23.2 Å². The maximum absolute atomic E-state index is 11.9. The van der Waals surface area contributed by atoms with Crippen molar-refractivity contribution in [2.75, 3.05) is 5.32 Å². The predicted octanol–water partition coefficient (Wildman–Crippen LogP) is 3.52. The van der Waals surface area contributed by atoms with Gasteiger partial charge in [-0.3, -0.25) is 14.6 Å². The van der Waals surface area contributed by atoms with Crippen LogP contribution in [0.15, 0.2) is 47.8 Å². The normalized spacial score (nSPS) is 11.0. The molecule has 2 rings (SSSR count). The Morgan fingerprint density at radius 2 is 1.83 bits per heavy atom. The lowest BCUT2D eigenvalue weighted by molar-refractivity contribution is -0.115. The molecule has 2 N–H and O–H groups in total. The number of pyridine rings is 1. The van der Waals surface area contributed by atoms with E-state index in [1.165, 1.54) is 12.4 Å². The molecule has 2 amide bonds. The summed E-state index contributed by atoms with van der Waals surface area (Å²) in [6.45, 7) is 1.64. The Morgan fingerprint density at radius 3 is 2.50 bits per heavy atom. The van der Waals surface area contributed by atoms with E-state index in [0.29, 0.717) is 27.0 Å². The molecule has 1 aromatic carbocycles. The molecule has 0 bridgehead atoms. The first-order chi connectivity index (χ1) is 11.5. The van der Waals surface area contributed by atoms with Gasteiger partial charge in [0.05, 0.1) is 16.5 Å². The Bertz CT molecular complexity index is 779. The Balaban J connectivity index is 1.88. The van der Waals surface area contributed by atoms with Crippen LogP contribution < -0.4 is 10.7 Å². The third-order valence-corrected chi connectivity index (χ3v) is 3.65. The minimum Gasteiger partial charge on any atom is -0.326 e. The fourth-order valence-corrected chi connectivity index (χ4v) is 2.06. The monoisotopic (exact) mass is 364 g/mol. The number of hydrogen-bond donors (Lipinski definition) is 2. The topological polar surface area (TPSA) is 83.5 Å². The zero-order chi connectivity index (χ0) is 17.5. The quantitative estimate of drug-likeness (QED) is 0.628. The minimum atomic E-state index is -0.373. The molecule has 0 radical (unpaired) electrons. The van der Waals surface area contributed by atoms with Crippen LogP contribution in [0.2, 0.25) is 10.0 Å². The summed E-state index contributed by atoms with van der Waals surface area (Å²) in [5, 5.41) is 7.34.